The van der Waals surface area contributed by atoms with Crippen molar-refractivity contribution >= 4 is 27.5 Å². The molecule has 0 heterocycles. The lowest BCUT2D eigenvalue weighted by molar-refractivity contribution is -0.138. The molecule has 0 aromatic heterocycles. The predicted octanol–water partition coefficient (Wildman–Crippen LogP) is 3.40. The standard InChI is InChI=1S/C27H31N3O4S/c1-21-14-16-24(17-15-21)30(35(33,34)25-12-8-5-9-13-25)20-26(31)29(22(2)27(32)28-3)19-18-23-10-6-4-7-11-23/h4-17,22H,18-20H2,1-3H3,(H,28,32)/t22-/m1/s1. The molecule has 0 bridgehead atoms. The largest absolute Gasteiger partial charge is 0.357 e. The van der Waals surface area contributed by atoms with Crippen molar-refractivity contribution in [2.75, 3.05) is 24.4 Å². The number of nitrogens with one attached hydrogen (secondary N) is 1. The van der Waals surface area contributed by atoms with E-state index < -0.39 is 28.5 Å². The molecule has 0 radical (unpaired) electrons. The number of hydrogen-bond acceptors (Lipinski definition) is 4. The summed E-state index contributed by atoms with van der Waals surface area (Å²) in [5.74, 6) is -0.781. The third-order valence-corrected chi connectivity index (χ3v) is 7.62. The van der Waals surface area contributed by atoms with Gasteiger partial charge in [0.15, 0.2) is 0 Å². The third-order valence-electron chi connectivity index (χ3n) is 5.83. The summed E-state index contributed by atoms with van der Waals surface area (Å²) in [7, 11) is -2.52. The van der Waals surface area contributed by atoms with Crippen LogP contribution in [0.15, 0.2) is 89.8 Å². The van der Waals surface area contributed by atoms with Gasteiger partial charge in [-0.25, -0.2) is 8.42 Å². The molecule has 1 atom stereocenters. The number of hydrogen-bond donors (Lipinski definition) is 1. The molecule has 7 nitrogen and oxygen atoms in total. The minimum absolute atomic E-state index is 0.0866. The summed E-state index contributed by atoms with van der Waals surface area (Å²) in [5.41, 5.74) is 2.36. The van der Waals surface area contributed by atoms with Gasteiger partial charge < -0.3 is 10.2 Å². The van der Waals surface area contributed by atoms with Gasteiger partial charge in [-0.2, -0.15) is 0 Å². The van der Waals surface area contributed by atoms with E-state index in [2.05, 4.69) is 5.32 Å². The smallest absolute Gasteiger partial charge is 0.264 e. The van der Waals surface area contributed by atoms with E-state index in [1.165, 1.54) is 24.1 Å². The van der Waals surface area contributed by atoms with Gasteiger partial charge in [0.05, 0.1) is 10.6 Å². The molecule has 3 rings (SSSR count). The van der Waals surface area contributed by atoms with Crippen molar-refractivity contribution in [1.82, 2.24) is 10.2 Å². The Kier molecular flexibility index (Phi) is 8.65. The highest BCUT2D eigenvalue weighted by Gasteiger charge is 2.31. The number of nitrogens with zero attached hydrogens (tertiary/aromatic N) is 2. The Labute approximate surface area is 207 Å². The van der Waals surface area contributed by atoms with Crippen LogP contribution in [0.5, 0.6) is 0 Å². The molecule has 3 aromatic carbocycles. The van der Waals surface area contributed by atoms with Crippen molar-refractivity contribution in [3.63, 3.8) is 0 Å². The second-order valence-corrected chi connectivity index (χ2v) is 10.1. The van der Waals surface area contributed by atoms with Crippen molar-refractivity contribution in [2.24, 2.45) is 0 Å². The van der Waals surface area contributed by atoms with Crippen LogP contribution in [0, 0.1) is 6.92 Å². The van der Waals surface area contributed by atoms with Gasteiger partial charge in [-0.15, -0.1) is 0 Å². The summed E-state index contributed by atoms with van der Waals surface area (Å²) >= 11 is 0. The van der Waals surface area contributed by atoms with Crippen LogP contribution in [0.4, 0.5) is 5.69 Å². The molecule has 35 heavy (non-hydrogen) atoms. The number of aryl methyl sites for hydroxylation is 1. The van der Waals surface area contributed by atoms with Gasteiger partial charge in [0.1, 0.15) is 12.6 Å². The maximum Gasteiger partial charge on any atom is 0.264 e. The Morgan fingerprint density at radius 2 is 1.46 bits per heavy atom. The van der Waals surface area contributed by atoms with Crippen molar-refractivity contribution < 1.29 is 18.0 Å². The van der Waals surface area contributed by atoms with Gasteiger partial charge >= 0.3 is 0 Å². The van der Waals surface area contributed by atoms with Crippen LogP contribution in [-0.4, -0.2) is 51.3 Å². The molecular weight excluding hydrogens is 462 g/mol. The molecule has 8 heteroatoms. The molecule has 0 unspecified atom stereocenters. The Hall–Kier alpha value is -3.65. The van der Waals surface area contributed by atoms with Gasteiger partial charge in [0.2, 0.25) is 11.8 Å². The van der Waals surface area contributed by atoms with Gasteiger partial charge in [-0.1, -0.05) is 66.2 Å². The van der Waals surface area contributed by atoms with Gasteiger partial charge in [0.25, 0.3) is 10.0 Å². The minimum Gasteiger partial charge on any atom is -0.357 e. The zero-order chi connectivity index (χ0) is 25.4. The summed E-state index contributed by atoms with van der Waals surface area (Å²) in [4.78, 5) is 27.6. The number of rotatable bonds is 10. The van der Waals surface area contributed by atoms with Crippen LogP contribution in [0.1, 0.15) is 18.1 Å². The number of carbonyl (C=O) groups excluding carboxylic acids is 2. The van der Waals surface area contributed by atoms with E-state index in [1.807, 2.05) is 37.3 Å². The highest BCUT2D eigenvalue weighted by atomic mass is 32.2. The van der Waals surface area contributed by atoms with E-state index in [0.29, 0.717) is 12.1 Å². The maximum atomic E-state index is 13.6. The van der Waals surface area contributed by atoms with Crippen LogP contribution < -0.4 is 9.62 Å². The first kappa shape index (κ1) is 26.0. The fourth-order valence-electron chi connectivity index (χ4n) is 3.74. The first-order valence-electron chi connectivity index (χ1n) is 11.4. The van der Waals surface area contributed by atoms with E-state index in [-0.39, 0.29) is 17.3 Å². The molecule has 0 aliphatic carbocycles. The SMILES string of the molecule is CNC(=O)[C@@H](C)N(CCc1ccccc1)C(=O)CN(c1ccc(C)cc1)S(=O)(=O)c1ccccc1. The second-order valence-electron chi connectivity index (χ2n) is 8.27. The summed E-state index contributed by atoms with van der Waals surface area (Å²) in [5, 5.41) is 2.58. The van der Waals surface area contributed by atoms with Gasteiger partial charge in [0, 0.05) is 13.6 Å². The van der Waals surface area contributed by atoms with E-state index >= 15 is 0 Å². The Balaban J connectivity index is 1.95. The highest BCUT2D eigenvalue weighted by Crippen LogP contribution is 2.24. The Morgan fingerprint density at radius 3 is 2.03 bits per heavy atom. The monoisotopic (exact) mass is 493 g/mol. The van der Waals surface area contributed by atoms with Crippen LogP contribution >= 0.6 is 0 Å². The normalized spacial score (nSPS) is 12.0. The van der Waals surface area contributed by atoms with Crippen molar-refractivity contribution in [2.45, 2.75) is 31.2 Å². The predicted molar refractivity (Wildman–Crippen MR) is 138 cm³/mol. The molecular formula is C27H31N3O4S. The molecule has 2 amide bonds. The zero-order valence-corrected chi connectivity index (χ0v) is 21.0. The molecule has 0 aliphatic heterocycles. The highest BCUT2D eigenvalue weighted by molar-refractivity contribution is 7.92. The average molecular weight is 494 g/mol. The van der Waals surface area contributed by atoms with Gasteiger partial charge in [-0.3, -0.25) is 13.9 Å². The fourth-order valence-corrected chi connectivity index (χ4v) is 5.17. The molecule has 0 fully saturated rings. The summed E-state index contributed by atoms with van der Waals surface area (Å²) in [6.07, 6.45) is 0.532. The summed E-state index contributed by atoms with van der Waals surface area (Å²) in [6.45, 7) is 3.38. The number of carbonyl (C=O) groups is 2. The van der Waals surface area contributed by atoms with Crippen molar-refractivity contribution in [1.29, 1.82) is 0 Å². The third kappa shape index (κ3) is 6.48. The van der Waals surface area contributed by atoms with Crippen LogP contribution in [0.2, 0.25) is 0 Å². The molecule has 0 aliphatic rings. The van der Waals surface area contributed by atoms with E-state index in [9.17, 15) is 18.0 Å². The summed E-state index contributed by atoms with van der Waals surface area (Å²) in [6, 6.07) is 23.8. The van der Waals surface area contributed by atoms with Crippen LogP contribution in [0.25, 0.3) is 0 Å². The number of likely N-dealkylation sites (N-methyl/N-ethyl adjacent to an activating group) is 1. The van der Waals surface area contributed by atoms with E-state index in [0.717, 1.165) is 15.4 Å². The number of anilines is 1. The molecule has 0 saturated carbocycles. The van der Waals surface area contributed by atoms with E-state index in [4.69, 9.17) is 0 Å². The van der Waals surface area contributed by atoms with Crippen LogP contribution in [0.3, 0.4) is 0 Å². The number of amides is 2. The quantitative estimate of drug-likeness (QED) is 0.469. The molecule has 0 saturated heterocycles. The Morgan fingerprint density at radius 1 is 0.886 bits per heavy atom. The first-order valence-corrected chi connectivity index (χ1v) is 12.9. The Bertz CT molecular complexity index is 1230. The number of benzene rings is 3. The average Bonchev–Trinajstić information content (AvgIpc) is 2.88. The first-order chi connectivity index (χ1) is 16.7. The van der Waals surface area contributed by atoms with Gasteiger partial charge in [-0.05, 0) is 50.1 Å². The van der Waals surface area contributed by atoms with Crippen molar-refractivity contribution in [3.05, 3.63) is 96.1 Å². The summed E-state index contributed by atoms with van der Waals surface area (Å²) < 4.78 is 28.3. The number of sulfonamides is 1. The molecule has 0 spiro atoms. The fraction of sp³-hybridized carbons (Fsp3) is 0.259. The lowest BCUT2D eigenvalue weighted by atomic mass is 10.1. The lowest BCUT2D eigenvalue weighted by Gasteiger charge is -2.31. The second kappa shape index (κ2) is 11.7. The molecule has 184 valence electrons. The molecule has 3 aromatic rings. The minimum atomic E-state index is -4.03. The topological polar surface area (TPSA) is 86.8 Å². The molecule has 1 N–H and O–H groups in total. The lowest BCUT2D eigenvalue weighted by Crippen LogP contribution is -2.51. The van der Waals surface area contributed by atoms with Crippen LogP contribution in [-0.2, 0) is 26.0 Å². The van der Waals surface area contributed by atoms with Crippen molar-refractivity contribution in [3.8, 4) is 0 Å². The van der Waals surface area contributed by atoms with E-state index in [1.54, 1.807) is 49.4 Å². The zero-order valence-electron chi connectivity index (χ0n) is 20.2. The maximum absolute atomic E-state index is 13.6.